The normalized spacial score (nSPS) is 29.3. The largest absolute Gasteiger partial charge is 0.465 e. The summed E-state index contributed by atoms with van der Waals surface area (Å²) in [6.07, 6.45) is 0.674. The molecular formula is C19H24N4O2. The summed E-state index contributed by atoms with van der Waals surface area (Å²) in [4.78, 5) is 14.8. The molecule has 0 bridgehead atoms. The third kappa shape index (κ3) is 3.20. The zero-order chi connectivity index (χ0) is 17.4. The maximum absolute atomic E-state index is 12.9. The summed E-state index contributed by atoms with van der Waals surface area (Å²) < 4.78 is 5.67. The maximum Gasteiger partial charge on any atom is 0.241 e. The van der Waals surface area contributed by atoms with Crippen molar-refractivity contribution in [2.75, 3.05) is 13.1 Å². The number of hydrogen-bond acceptors (Lipinski definition) is 5. The molecule has 0 radical (unpaired) electrons. The second-order valence-corrected chi connectivity index (χ2v) is 7.00. The van der Waals surface area contributed by atoms with Gasteiger partial charge in [0.05, 0.1) is 6.04 Å². The molecule has 4 rings (SSSR count). The van der Waals surface area contributed by atoms with E-state index in [-0.39, 0.29) is 30.0 Å². The molecule has 6 heteroatoms. The van der Waals surface area contributed by atoms with Crippen LogP contribution in [0.3, 0.4) is 0 Å². The topological polar surface area (TPSA) is 83.5 Å². The highest BCUT2D eigenvalue weighted by atomic mass is 16.3. The van der Waals surface area contributed by atoms with Crippen LogP contribution in [0.2, 0.25) is 0 Å². The van der Waals surface area contributed by atoms with Crippen LogP contribution in [0.15, 0.2) is 46.9 Å². The third-order valence-corrected chi connectivity index (χ3v) is 5.21. The summed E-state index contributed by atoms with van der Waals surface area (Å²) >= 11 is 0. The third-order valence-electron chi connectivity index (χ3n) is 5.21. The Morgan fingerprint density at radius 3 is 2.68 bits per heavy atom. The van der Waals surface area contributed by atoms with Crippen molar-refractivity contribution in [3.63, 3.8) is 0 Å². The molecule has 4 N–H and O–H groups in total. The van der Waals surface area contributed by atoms with Crippen LogP contribution in [0.1, 0.15) is 35.5 Å². The number of rotatable bonds is 3. The number of furan rings is 1. The van der Waals surface area contributed by atoms with Gasteiger partial charge in [0.2, 0.25) is 5.91 Å². The number of carbonyl (C=O) groups is 1. The predicted molar refractivity (Wildman–Crippen MR) is 94.6 cm³/mol. The number of likely N-dealkylation sites (tertiary alicyclic amines) is 1. The summed E-state index contributed by atoms with van der Waals surface area (Å²) in [6, 6.07) is 13.8. The van der Waals surface area contributed by atoms with E-state index >= 15 is 0 Å². The van der Waals surface area contributed by atoms with Crippen LogP contribution in [0.4, 0.5) is 0 Å². The van der Waals surface area contributed by atoms with Crippen LogP contribution in [0.5, 0.6) is 0 Å². The van der Waals surface area contributed by atoms with Crippen molar-refractivity contribution in [1.29, 1.82) is 0 Å². The van der Waals surface area contributed by atoms with E-state index in [0.29, 0.717) is 19.5 Å². The summed E-state index contributed by atoms with van der Waals surface area (Å²) in [7, 11) is 0. The van der Waals surface area contributed by atoms with E-state index < -0.39 is 0 Å². The van der Waals surface area contributed by atoms with Crippen LogP contribution in [-0.2, 0) is 4.79 Å². The number of benzene rings is 1. The van der Waals surface area contributed by atoms with E-state index in [9.17, 15) is 4.79 Å². The van der Waals surface area contributed by atoms with Crippen molar-refractivity contribution in [3.8, 4) is 0 Å². The number of nitrogens with two attached hydrogens (primary N) is 1. The van der Waals surface area contributed by atoms with Gasteiger partial charge >= 0.3 is 0 Å². The molecule has 2 aliphatic heterocycles. The van der Waals surface area contributed by atoms with Crippen LogP contribution in [0.25, 0.3) is 0 Å². The molecule has 2 fully saturated rings. The van der Waals surface area contributed by atoms with Crippen LogP contribution < -0.4 is 16.6 Å². The molecule has 1 aromatic carbocycles. The first-order valence-electron chi connectivity index (χ1n) is 8.78. The molecule has 0 saturated carbocycles. The molecule has 0 aliphatic carbocycles. The quantitative estimate of drug-likeness (QED) is 0.788. The fourth-order valence-electron chi connectivity index (χ4n) is 3.83. The predicted octanol–water partition coefficient (Wildman–Crippen LogP) is 1.45. The lowest BCUT2D eigenvalue weighted by molar-refractivity contribution is -0.132. The van der Waals surface area contributed by atoms with Crippen molar-refractivity contribution in [2.24, 2.45) is 5.73 Å². The Balaban J connectivity index is 1.40. The molecule has 25 heavy (non-hydrogen) atoms. The number of aryl methyl sites for hydroxylation is 1. The molecule has 6 nitrogen and oxygen atoms in total. The Hall–Kier alpha value is -2.15. The highest BCUT2D eigenvalue weighted by molar-refractivity contribution is 5.82. The van der Waals surface area contributed by atoms with Gasteiger partial charge in [0.1, 0.15) is 17.6 Å². The van der Waals surface area contributed by atoms with Crippen LogP contribution >= 0.6 is 0 Å². The summed E-state index contributed by atoms with van der Waals surface area (Å²) in [6.45, 7) is 3.19. The van der Waals surface area contributed by atoms with Gasteiger partial charge in [0.15, 0.2) is 0 Å². The van der Waals surface area contributed by atoms with Crippen molar-refractivity contribution in [2.45, 2.75) is 37.4 Å². The smallest absolute Gasteiger partial charge is 0.241 e. The van der Waals surface area contributed by atoms with Gasteiger partial charge in [-0.2, -0.15) is 0 Å². The van der Waals surface area contributed by atoms with E-state index in [2.05, 4.69) is 23.0 Å². The van der Waals surface area contributed by atoms with E-state index in [1.54, 1.807) is 0 Å². The molecule has 3 heterocycles. The molecule has 1 aromatic heterocycles. The molecule has 2 unspecified atom stereocenters. The maximum atomic E-state index is 12.9. The Labute approximate surface area is 147 Å². The number of hydrogen-bond donors (Lipinski definition) is 3. The number of hydrazine groups is 1. The Morgan fingerprint density at radius 2 is 1.96 bits per heavy atom. The Bertz CT molecular complexity index is 745. The summed E-state index contributed by atoms with van der Waals surface area (Å²) in [5, 5.41) is 0. The lowest BCUT2D eigenvalue weighted by Gasteiger charge is -2.20. The number of nitrogens with zero attached hydrogens (tertiary/aromatic N) is 1. The van der Waals surface area contributed by atoms with Crippen molar-refractivity contribution >= 4 is 5.91 Å². The molecule has 4 atom stereocenters. The average Bonchev–Trinajstić information content (AvgIpc) is 3.34. The Kier molecular flexibility index (Phi) is 4.33. The molecule has 2 aliphatic rings. The first-order chi connectivity index (χ1) is 12.1. The number of amides is 1. The van der Waals surface area contributed by atoms with Gasteiger partial charge < -0.3 is 15.1 Å². The van der Waals surface area contributed by atoms with E-state index in [4.69, 9.17) is 10.2 Å². The minimum atomic E-state index is -0.253. The fraction of sp³-hybridized carbons (Fsp3) is 0.421. The van der Waals surface area contributed by atoms with Crippen molar-refractivity contribution in [1.82, 2.24) is 15.8 Å². The lowest BCUT2D eigenvalue weighted by atomic mass is 9.95. The molecular weight excluding hydrogens is 316 g/mol. The van der Waals surface area contributed by atoms with Gasteiger partial charge in [0, 0.05) is 25.0 Å². The molecule has 132 valence electrons. The lowest BCUT2D eigenvalue weighted by Crippen LogP contribution is -2.45. The molecule has 0 spiro atoms. The Morgan fingerprint density at radius 1 is 1.16 bits per heavy atom. The first kappa shape index (κ1) is 16.3. The molecule has 2 aromatic rings. The standard InChI is InChI=1S/C19H24N4O2/c1-12-7-8-18(25-12)16-9-17(22-21-16)19(24)23-10-14(15(20)11-23)13-5-3-2-4-6-13/h2-8,14-17,21-22H,9-11,20H2,1H3/t14-,15+,16?,17?/m1/s1. The van der Waals surface area contributed by atoms with Gasteiger partial charge in [-0.25, -0.2) is 10.9 Å². The fourth-order valence-corrected chi connectivity index (χ4v) is 3.83. The van der Waals surface area contributed by atoms with Crippen molar-refractivity contribution in [3.05, 3.63) is 59.5 Å². The molecule has 2 saturated heterocycles. The minimum absolute atomic E-state index is 0.0175. The van der Waals surface area contributed by atoms with E-state index in [1.165, 1.54) is 5.56 Å². The zero-order valence-electron chi connectivity index (χ0n) is 14.3. The highest BCUT2D eigenvalue weighted by Gasteiger charge is 2.39. The van der Waals surface area contributed by atoms with Crippen LogP contribution in [-0.4, -0.2) is 36.0 Å². The number of carbonyl (C=O) groups excluding carboxylic acids is 1. The zero-order valence-corrected chi connectivity index (χ0v) is 14.3. The minimum Gasteiger partial charge on any atom is -0.465 e. The van der Waals surface area contributed by atoms with Gasteiger partial charge in [-0.05, 0) is 31.0 Å². The number of nitrogens with one attached hydrogen (secondary N) is 2. The highest BCUT2D eigenvalue weighted by Crippen LogP contribution is 2.29. The SMILES string of the molecule is Cc1ccc(C2CC(C(=O)N3C[C@H](c4ccccc4)[C@@H](N)C3)NN2)o1. The van der Waals surface area contributed by atoms with Gasteiger partial charge in [-0.3, -0.25) is 4.79 Å². The van der Waals surface area contributed by atoms with Crippen LogP contribution in [0, 0.1) is 6.92 Å². The second kappa shape index (κ2) is 6.63. The van der Waals surface area contributed by atoms with Gasteiger partial charge in [-0.15, -0.1) is 0 Å². The molecule has 1 amide bonds. The summed E-state index contributed by atoms with van der Waals surface area (Å²) in [5.41, 5.74) is 13.8. The van der Waals surface area contributed by atoms with Crippen molar-refractivity contribution < 1.29 is 9.21 Å². The van der Waals surface area contributed by atoms with Gasteiger partial charge in [-0.1, -0.05) is 30.3 Å². The van der Waals surface area contributed by atoms with Gasteiger partial charge in [0.25, 0.3) is 0 Å². The average molecular weight is 340 g/mol. The van der Waals surface area contributed by atoms with E-state index in [0.717, 1.165) is 11.5 Å². The monoisotopic (exact) mass is 340 g/mol. The summed E-state index contributed by atoms with van der Waals surface area (Å²) in [5.74, 6) is 2.04. The van der Waals surface area contributed by atoms with E-state index in [1.807, 2.05) is 42.2 Å². The second-order valence-electron chi connectivity index (χ2n) is 7.00. The first-order valence-corrected chi connectivity index (χ1v) is 8.78.